The number of benzene rings is 3. The van der Waals surface area contributed by atoms with Crippen molar-refractivity contribution in [1.29, 1.82) is 10.5 Å². The second kappa shape index (κ2) is 9.14. The number of phenols is 2. The van der Waals surface area contributed by atoms with E-state index in [4.69, 9.17) is 10.5 Å². The van der Waals surface area contributed by atoms with E-state index < -0.39 is 26.1 Å². The van der Waals surface area contributed by atoms with Gasteiger partial charge in [0.25, 0.3) is 0 Å². The minimum atomic E-state index is -0.586. The Morgan fingerprint density at radius 3 is 1.88 bits per heavy atom. The number of nitriles is 2. The fraction of sp³-hybridized carbons (Fsp3) is 0. The molecular weight excluding hydrogens is 489 g/mol. The van der Waals surface area contributed by atoms with Gasteiger partial charge in [-0.2, -0.15) is 0 Å². The number of hydrogen-bond donors (Lipinski definition) is 2. The SMILES string of the molecule is N#CC(C#N)=Cc1ccc(-c2cc(-c3ccc(O)cc3F)[se]c2-c2ccc(O)cc2F)cc1. The van der Waals surface area contributed by atoms with Crippen molar-refractivity contribution >= 4 is 20.6 Å². The van der Waals surface area contributed by atoms with E-state index in [9.17, 15) is 19.0 Å². The standard InChI is InChI=1S/C26H14F2N2O2Se/c27-23-10-18(31)5-7-20(23)25-12-22(26(33-25)21-8-6-19(32)11-24(21)28)17-3-1-15(2-4-17)9-16(13-29)14-30/h1-12,31-32H. The zero-order valence-electron chi connectivity index (χ0n) is 16.9. The maximum atomic E-state index is 14.8. The molecule has 0 radical (unpaired) electrons. The Hall–Kier alpha value is -4.16. The number of allylic oxidation sites excluding steroid dienone is 1. The summed E-state index contributed by atoms with van der Waals surface area (Å²) in [6.07, 6.45) is 1.46. The molecule has 0 fully saturated rings. The van der Waals surface area contributed by atoms with Crippen LogP contribution in [0.4, 0.5) is 8.78 Å². The molecule has 160 valence electrons. The van der Waals surface area contributed by atoms with Crippen LogP contribution in [-0.2, 0) is 0 Å². The molecule has 0 aliphatic carbocycles. The molecule has 0 aliphatic heterocycles. The number of hydrogen-bond acceptors (Lipinski definition) is 4. The van der Waals surface area contributed by atoms with Crippen LogP contribution in [0.2, 0.25) is 0 Å². The number of rotatable bonds is 4. The first-order chi connectivity index (χ1) is 15.9. The molecule has 0 saturated carbocycles. The Bertz CT molecular complexity index is 1460. The van der Waals surface area contributed by atoms with E-state index in [0.717, 1.165) is 17.7 Å². The first-order valence-corrected chi connectivity index (χ1v) is 11.3. The normalized spacial score (nSPS) is 10.3. The molecule has 0 amide bonds. The molecule has 1 heterocycles. The molecule has 4 aromatic rings. The van der Waals surface area contributed by atoms with Gasteiger partial charge in [0.05, 0.1) is 0 Å². The van der Waals surface area contributed by atoms with Crippen LogP contribution in [0, 0.1) is 34.3 Å². The van der Waals surface area contributed by atoms with Crippen molar-refractivity contribution in [3.05, 3.63) is 89.5 Å². The second-order valence-corrected chi connectivity index (χ2v) is 9.29. The third kappa shape index (κ3) is 4.56. The third-order valence-electron chi connectivity index (χ3n) is 4.92. The van der Waals surface area contributed by atoms with E-state index in [1.165, 1.54) is 30.3 Å². The van der Waals surface area contributed by atoms with E-state index in [0.29, 0.717) is 31.1 Å². The average molecular weight is 503 g/mol. The molecule has 33 heavy (non-hydrogen) atoms. The summed E-state index contributed by atoms with van der Waals surface area (Å²) >= 11 is -0.460. The molecule has 0 saturated heterocycles. The Kier molecular flexibility index (Phi) is 6.11. The van der Waals surface area contributed by atoms with Crippen molar-refractivity contribution in [2.24, 2.45) is 0 Å². The molecule has 4 nitrogen and oxygen atoms in total. The molecular formula is C26H14F2N2O2Se. The summed E-state index contributed by atoms with van der Waals surface area (Å²) in [5.41, 5.74) is 2.73. The molecule has 0 aliphatic rings. The van der Waals surface area contributed by atoms with Gasteiger partial charge in [0.15, 0.2) is 0 Å². The Morgan fingerprint density at radius 2 is 1.33 bits per heavy atom. The number of nitrogens with zero attached hydrogens (tertiary/aromatic N) is 2. The van der Waals surface area contributed by atoms with Crippen molar-refractivity contribution in [2.75, 3.05) is 0 Å². The van der Waals surface area contributed by atoms with Crippen LogP contribution in [0.25, 0.3) is 37.2 Å². The zero-order valence-corrected chi connectivity index (χ0v) is 18.6. The molecule has 0 spiro atoms. The van der Waals surface area contributed by atoms with E-state index in [-0.39, 0.29) is 17.1 Å². The van der Waals surface area contributed by atoms with E-state index in [2.05, 4.69) is 0 Å². The van der Waals surface area contributed by atoms with Crippen LogP contribution in [0.3, 0.4) is 0 Å². The third-order valence-corrected chi connectivity index (χ3v) is 7.44. The van der Waals surface area contributed by atoms with Gasteiger partial charge in [-0.1, -0.05) is 0 Å². The molecule has 0 unspecified atom stereocenters. The van der Waals surface area contributed by atoms with Crippen molar-refractivity contribution in [3.8, 4) is 54.8 Å². The van der Waals surface area contributed by atoms with Gasteiger partial charge < -0.3 is 0 Å². The van der Waals surface area contributed by atoms with Crippen molar-refractivity contribution in [2.45, 2.75) is 0 Å². The van der Waals surface area contributed by atoms with Crippen LogP contribution in [0.1, 0.15) is 5.56 Å². The quantitative estimate of drug-likeness (QED) is 0.270. The van der Waals surface area contributed by atoms with Gasteiger partial charge >= 0.3 is 194 Å². The Labute approximate surface area is 194 Å². The summed E-state index contributed by atoms with van der Waals surface area (Å²) in [5.74, 6) is -1.53. The molecule has 4 rings (SSSR count). The van der Waals surface area contributed by atoms with Gasteiger partial charge in [-0.3, -0.25) is 0 Å². The Morgan fingerprint density at radius 1 is 0.758 bits per heavy atom. The number of phenolic OH excluding ortho intramolecular Hbond substituents is 2. The summed E-state index contributed by atoms with van der Waals surface area (Å²) in [6.45, 7) is 0. The van der Waals surface area contributed by atoms with E-state index in [1.807, 2.05) is 12.1 Å². The number of aromatic hydroxyl groups is 2. The topological polar surface area (TPSA) is 88.0 Å². The molecule has 0 bridgehead atoms. The molecule has 1 aromatic heterocycles. The summed E-state index contributed by atoms with van der Waals surface area (Å²) in [5, 5.41) is 37.0. The predicted molar refractivity (Wildman–Crippen MR) is 122 cm³/mol. The summed E-state index contributed by atoms with van der Waals surface area (Å²) in [6, 6.07) is 20.3. The fourth-order valence-corrected chi connectivity index (χ4v) is 5.94. The molecule has 2 N–H and O–H groups in total. The monoisotopic (exact) mass is 504 g/mol. The van der Waals surface area contributed by atoms with Crippen LogP contribution in [0.15, 0.2) is 72.3 Å². The van der Waals surface area contributed by atoms with Crippen molar-refractivity contribution in [3.63, 3.8) is 0 Å². The Balaban J connectivity index is 1.88. The second-order valence-electron chi connectivity index (χ2n) is 7.09. The van der Waals surface area contributed by atoms with Gasteiger partial charge in [-0.25, -0.2) is 0 Å². The van der Waals surface area contributed by atoms with Crippen LogP contribution in [0.5, 0.6) is 11.5 Å². The molecule has 7 heteroatoms. The molecule has 3 aromatic carbocycles. The van der Waals surface area contributed by atoms with Crippen LogP contribution < -0.4 is 0 Å². The van der Waals surface area contributed by atoms with E-state index >= 15 is 0 Å². The zero-order chi connectivity index (χ0) is 23.5. The number of halogens is 2. The summed E-state index contributed by atoms with van der Waals surface area (Å²) < 4.78 is 30.7. The summed E-state index contributed by atoms with van der Waals surface area (Å²) in [7, 11) is 0. The maximum absolute atomic E-state index is 14.8. The first-order valence-electron chi connectivity index (χ1n) is 9.63. The molecule has 0 atom stereocenters. The first kappa shape index (κ1) is 22.0. The summed E-state index contributed by atoms with van der Waals surface area (Å²) in [4.78, 5) is 0. The van der Waals surface area contributed by atoms with Crippen molar-refractivity contribution < 1.29 is 19.0 Å². The average Bonchev–Trinajstić information content (AvgIpc) is 3.22. The van der Waals surface area contributed by atoms with Gasteiger partial charge in [0.1, 0.15) is 0 Å². The van der Waals surface area contributed by atoms with Gasteiger partial charge in [-0.15, -0.1) is 0 Å². The van der Waals surface area contributed by atoms with Gasteiger partial charge in [-0.05, 0) is 0 Å². The predicted octanol–water partition coefficient (Wildman–Crippen LogP) is 5.86. The minimum absolute atomic E-state index is 0.0250. The van der Waals surface area contributed by atoms with E-state index in [1.54, 1.807) is 30.3 Å². The van der Waals surface area contributed by atoms with Gasteiger partial charge in [0.2, 0.25) is 0 Å². The van der Waals surface area contributed by atoms with Crippen LogP contribution in [-0.4, -0.2) is 24.7 Å². The van der Waals surface area contributed by atoms with Crippen LogP contribution >= 0.6 is 0 Å². The van der Waals surface area contributed by atoms with Gasteiger partial charge in [0, 0.05) is 0 Å². The fourth-order valence-electron chi connectivity index (χ4n) is 3.35. The van der Waals surface area contributed by atoms with Crippen molar-refractivity contribution in [1.82, 2.24) is 0 Å².